The summed E-state index contributed by atoms with van der Waals surface area (Å²) in [4.78, 5) is 0. The van der Waals surface area contributed by atoms with Gasteiger partial charge in [0, 0.05) is 6.04 Å². The van der Waals surface area contributed by atoms with Gasteiger partial charge in [-0.2, -0.15) is 0 Å². The van der Waals surface area contributed by atoms with E-state index in [1.165, 1.54) is 16.3 Å². The van der Waals surface area contributed by atoms with Gasteiger partial charge in [-0.3, -0.25) is 0 Å². The third-order valence-corrected chi connectivity index (χ3v) is 4.01. The van der Waals surface area contributed by atoms with E-state index in [1.54, 1.807) is 7.11 Å². The van der Waals surface area contributed by atoms with E-state index in [0.717, 1.165) is 18.6 Å². The molecule has 0 saturated carbocycles. The molecule has 0 heterocycles. The van der Waals surface area contributed by atoms with Crippen LogP contribution in [0.4, 0.5) is 0 Å². The van der Waals surface area contributed by atoms with Crippen LogP contribution in [0.3, 0.4) is 0 Å². The Balaban J connectivity index is 2.36. The number of hydrogen-bond acceptors (Lipinski definition) is 2. The first-order chi connectivity index (χ1) is 9.19. The predicted molar refractivity (Wildman–Crippen MR) is 81.5 cm³/mol. The molecule has 19 heavy (non-hydrogen) atoms. The van der Waals surface area contributed by atoms with Crippen LogP contribution >= 0.6 is 0 Å². The lowest BCUT2D eigenvalue weighted by molar-refractivity contribution is 0.405. The summed E-state index contributed by atoms with van der Waals surface area (Å²) in [5.74, 6) is 1.44. The molecule has 0 aliphatic rings. The maximum atomic E-state index is 6.38. The summed E-state index contributed by atoms with van der Waals surface area (Å²) < 4.78 is 5.25. The molecule has 0 saturated heterocycles. The van der Waals surface area contributed by atoms with Crippen LogP contribution in [-0.4, -0.2) is 7.11 Å². The van der Waals surface area contributed by atoms with Crippen molar-refractivity contribution in [2.75, 3.05) is 7.11 Å². The molecule has 0 aromatic heterocycles. The van der Waals surface area contributed by atoms with Crippen LogP contribution in [0.25, 0.3) is 10.8 Å². The third kappa shape index (κ3) is 2.90. The predicted octanol–water partition coefficient (Wildman–Crippen LogP) is 4.28. The smallest absolute Gasteiger partial charge is 0.119 e. The lowest BCUT2D eigenvalue weighted by Gasteiger charge is -2.22. The first kappa shape index (κ1) is 13.9. The van der Waals surface area contributed by atoms with E-state index in [1.807, 2.05) is 6.07 Å². The quantitative estimate of drug-likeness (QED) is 0.867. The summed E-state index contributed by atoms with van der Waals surface area (Å²) in [6.45, 7) is 4.42. The van der Waals surface area contributed by atoms with Gasteiger partial charge < -0.3 is 10.5 Å². The lowest BCUT2D eigenvalue weighted by Crippen LogP contribution is -2.20. The summed E-state index contributed by atoms with van der Waals surface area (Å²) in [5, 5.41) is 2.42. The van der Waals surface area contributed by atoms with Crippen LogP contribution in [-0.2, 0) is 0 Å². The first-order valence-electron chi connectivity index (χ1n) is 7.02. The number of rotatable bonds is 5. The molecule has 0 aliphatic heterocycles. The molecule has 2 aromatic carbocycles. The van der Waals surface area contributed by atoms with Crippen molar-refractivity contribution in [2.45, 2.75) is 32.7 Å². The van der Waals surface area contributed by atoms with Crippen LogP contribution in [0.5, 0.6) is 5.75 Å². The van der Waals surface area contributed by atoms with Gasteiger partial charge in [0.1, 0.15) is 5.75 Å². The van der Waals surface area contributed by atoms with Crippen molar-refractivity contribution in [3.05, 3.63) is 42.0 Å². The number of benzene rings is 2. The van der Waals surface area contributed by atoms with Gasteiger partial charge in [-0.25, -0.2) is 0 Å². The van der Waals surface area contributed by atoms with Crippen LogP contribution < -0.4 is 10.5 Å². The fraction of sp³-hybridized carbons (Fsp3) is 0.412. The Hall–Kier alpha value is -1.54. The molecule has 2 rings (SSSR count). The van der Waals surface area contributed by atoms with Crippen molar-refractivity contribution < 1.29 is 4.74 Å². The summed E-state index contributed by atoms with van der Waals surface area (Å²) in [6, 6.07) is 12.8. The molecule has 0 bridgehead atoms. The normalized spacial score (nSPS) is 12.9. The second kappa shape index (κ2) is 6.07. The Morgan fingerprint density at radius 2 is 1.63 bits per heavy atom. The zero-order valence-electron chi connectivity index (χ0n) is 12.0. The van der Waals surface area contributed by atoms with Crippen LogP contribution in [0, 0.1) is 5.92 Å². The summed E-state index contributed by atoms with van der Waals surface area (Å²) in [6.07, 6.45) is 2.25. The van der Waals surface area contributed by atoms with Crippen LogP contribution in [0.1, 0.15) is 38.3 Å². The number of methoxy groups -OCH3 is 1. The Kier molecular flexibility index (Phi) is 4.43. The van der Waals surface area contributed by atoms with E-state index >= 15 is 0 Å². The monoisotopic (exact) mass is 257 g/mol. The molecule has 102 valence electrons. The standard InChI is InChI=1S/C17H23NO/c1-4-12(5-2)17(18)15-7-6-14-11-16(19-3)9-8-13(14)10-15/h6-12,17H,4-5,18H2,1-3H3. The van der Waals surface area contributed by atoms with E-state index in [4.69, 9.17) is 10.5 Å². The van der Waals surface area contributed by atoms with Gasteiger partial charge in [-0.1, -0.05) is 44.9 Å². The molecule has 0 fully saturated rings. The fourth-order valence-corrected chi connectivity index (χ4v) is 2.65. The van der Waals surface area contributed by atoms with Crippen LogP contribution in [0.2, 0.25) is 0 Å². The van der Waals surface area contributed by atoms with E-state index in [0.29, 0.717) is 5.92 Å². The molecule has 0 aliphatic carbocycles. The van der Waals surface area contributed by atoms with E-state index in [2.05, 4.69) is 44.2 Å². The second-order valence-corrected chi connectivity index (χ2v) is 5.07. The van der Waals surface area contributed by atoms with E-state index < -0.39 is 0 Å². The fourth-order valence-electron chi connectivity index (χ4n) is 2.65. The molecule has 0 amide bonds. The minimum Gasteiger partial charge on any atom is -0.497 e. The van der Waals surface area contributed by atoms with Gasteiger partial charge in [0.2, 0.25) is 0 Å². The molecule has 2 aromatic rings. The molecular formula is C17H23NO. The SMILES string of the molecule is CCC(CC)C(N)c1ccc2cc(OC)ccc2c1. The number of ether oxygens (including phenoxy) is 1. The Bertz CT molecular complexity index is 546. The Morgan fingerprint density at radius 1 is 1.00 bits per heavy atom. The van der Waals surface area contributed by atoms with Gasteiger partial charge in [0.25, 0.3) is 0 Å². The summed E-state index contributed by atoms with van der Waals surface area (Å²) in [5.41, 5.74) is 7.61. The van der Waals surface area contributed by atoms with Crippen molar-refractivity contribution in [3.63, 3.8) is 0 Å². The highest BCUT2D eigenvalue weighted by molar-refractivity contribution is 5.84. The van der Waals surface area contributed by atoms with Gasteiger partial charge in [-0.05, 0) is 40.5 Å². The number of nitrogens with two attached hydrogens (primary N) is 1. The average Bonchev–Trinajstić information content (AvgIpc) is 2.47. The van der Waals surface area contributed by atoms with Gasteiger partial charge in [0.15, 0.2) is 0 Å². The minimum absolute atomic E-state index is 0.126. The van der Waals surface area contributed by atoms with Crippen LogP contribution in [0.15, 0.2) is 36.4 Å². The van der Waals surface area contributed by atoms with Gasteiger partial charge in [-0.15, -0.1) is 0 Å². The molecule has 1 unspecified atom stereocenters. The average molecular weight is 257 g/mol. The second-order valence-electron chi connectivity index (χ2n) is 5.07. The van der Waals surface area contributed by atoms with Crippen molar-refractivity contribution >= 4 is 10.8 Å². The number of hydrogen-bond donors (Lipinski definition) is 1. The summed E-state index contributed by atoms with van der Waals surface area (Å²) in [7, 11) is 1.69. The van der Waals surface area contributed by atoms with Crippen molar-refractivity contribution in [1.29, 1.82) is 0 Å². The zero-order chi connectivity index (χ0) is 13.8. The Morgan fingerprint density at radius 3 is 2.26 bits per heavy atom. The van der Waals surface area contributed by atoms with Crippen molar-refractivity contribution in [1.82, 2.24) is 0 Å². The molecule has 1 atom stereocenters. The molecule has 2 N–H and O–H groups in total. The molecule has 2 heteroatoms. The van der Waals surface area contributed by atoms with Gasteiger partial charge >= 0.3 is 0 Å². The van der Waals surface area contributed by atoms with Gasteiger partial charge in [0.05, 0.1) is 7.11 Å². The summed E-state index contributed by atoms with van der Waals surface area (Å²) >= 11 is 0. The maximum absolute atomic E-state index is 6.38. The highest BCUT2D eigenvalue weighted by Crippen LogP contribution is 2.28. The largest absolute Gasteiger partial charge is 0.497 e. The van der Waals surface area contributed by atoms with E-state index in [9.17, 15) is 0 Å². The minimum atomic E-state index is 0.126. The topological polar surface area (TPSA) is 35.2 Å². The zero-order valence-corrected chi connectivity index (χ0v) is 12.0. The molecule has 0 spiro atoms. The molecule has 2 nitrogen and oxygen atoms in total. The highest BCUT2D eigenvalue weighted by atomic mass is 16.5. The lowest BCUT2D eigenvalue weighted by atomic mass is 9.89. The molecular weight excluding hydrogens is 234 g/mol. The Labute approximate surface area is 115 Å². The van der Waals surface area contributed by atoms with Crippen molar-refractivity contribution in [2.24, 2.45) is 11.7 Å². The van der Waals surface area contributed by atoms with Crippen molar-refractivity contribution in [3.8, 4) is 5.75 Å². The first-order valence-corrected chi connectivity index (χ1v) is 7.02. The highest BCUT2D eigenvalue weighted by Gasteiger charge is 2.16. The number of fused-ring (bicyclic) bond motifs is 1. The molecule has 0 radical (unpaired) electrons. The van der Waals surface area contributed by atoms with E-state index in [-0.39, 0.29) is 6.04 Å². The third-order valence-electron chi connectivity index (χ3n) is 4.01. The maximum Gasteiger partial charge on any atom is 0.119 e.